The van der Waals surface area contributed by atoms with Gasteiger partial charge in [0.15, 0.2) is 0 Å². The van der Waals surface area contributed by atoms with Crippen molar-refractivity contribution in [2.45, 2.75) is 19.9 Å². The number of hydrogen-bond acceptors (Lipinski definition) is 3. The van der Waals surface area contributed by atoms with Crippen molar-refractivity contribution in [2.24, 2.45) is 0 Å². The van der Waals surface area contributed by atoms with Gasteiger partial charge in [-0.25, -0.2) is 4.79 Å². The average molecular weight is 249 g/mol. The van der Waals surface area contributed by atoms with Crippen molar-refractivity contribution >= 4 is 5.97 Å². The van der Waals surface area contributed by atoms with E-state index in [0.29, 0.717) is 6.54 Å². The van der Waals surface area contributed by atoms with E-state index in [1.54, 1.807) is 14.0 Å². The standard InChI is InChI=1S/C14H19NO3/c1-10(8-14(16)17)9-15-11(2)12-4-6-13(18-3)7-5-12/h4-8,11,15H,9H2,1-3H3,(H,16,17)/b10-8+/t11-/m1/s1. The fraction of sp³-hybridized carbons (Fsp3) is 0.357. The molecule has 0 unspecified atom stereocenters. The van der Waals surface area contributed by atoms with Crippen molar-refractivity contribution in [3.05, 3.63) is 41.5 Å². The monoisotopic (exact) mass is 249 g/mol. The molecular weight excluding hydrogens is 230 g/mol. The lowest BCUT2D eigenvalue weighted by Gasteiger charge is -2.14. The van der Waals surface area contributed by atoms with E-state index in [0.717, 1.165) is 16.9 Å². The van der Waals surface area contributed by atoms with Crippen LogP contribution in [0.3, 0.4) is 0 Å². The molecule has 0 bridgehead atoms. The molecule has 0 saturated heterocycles. The Morgan fingerprint density at radius 3 is 2.56 bits per heavy atom. The predicted octanol–water partition coefficient (Wildman–Crippen LogP) is 2.38. The average Bonchev–Trinajstić information content (AvgIpc) is 2.35. The lowest BCUT2D eigenvalue weighted by atomic mass is 10.1. The number of hydrogen-bond donors (Lipinski definition) is 2. The summed E-state index contributed by atoms with van der Waals surface area (Å²) in [5.41, 5.74) is 1.93. The molecule has 0 radical (unpaired) electrons. The Morgan fingerprint density at radius 2 is 2.06 bits per heavy atom. The second-order valence-electron chi connectivity index (χ2n) is 4.20. The van der Waals surface area contributed by atoms with Gasteiger partial charge in [0.1, 0.15) is 5.75 Å². The second-order valence-corrected chi connectivity index (χ2v) is 4.20. The highest BCUT2D eigenvalue weighted by Crippen LogP contribution is 2.17. The van der Waals surface area contributed by atoms with E-state index < -0.39 is 5.97 Å². The SMILES string of the molecule is COc1ccc([C@@H](C)NC/C(C)=C/C(=O)O)cc1. The number of nitrogens with one attached hydrogen (secondary N) is 1. The van der Waals surface area contributed by atoms with Gasteiger partial charge in [-0.1, -0.05) is 17.7 Å². The van der Waals surface area contributed by atoms with E-state index in [2.05, 4.69) is 5.32 Å². The number of rotatable bonds is 6. The highest BCUT2D eigenvalue weighted by Gasteiger charge is 2.05. The van der Waals surface area contributed by atoms with Gasteiger partial charge in [-0.15, -0.1) is 0 Å². The first-order valence-corrected chi connectivity index (χ1v) is 5.80. The maximum absolute atomic E-state index is 10.5. The molecule has 0 aromatic heterocycles. The van der Waals surface area contributed by atoms with Crippen LogP contribution < -0.4 is 10.1 Å². The van der Waals surface area contributed by atoms with E-state index in [1.165, 1.54) is 6.08 Å². The molecule has 0 spiro atoms. The largest absolute Gasteiger partial charge is 0.497 e. The van der Waals surface area contributed by atoms with Gasteiger partial charge in [-0.2, -0.15) is 0 Å². The molecule has 0 aliphatic carbocycles. The van der Waals surface area contributed by atoms with E-state index in [-0.39, 0.29) is 6.04 Å². The summed E-state index contributed by atoms with van der Waals surface area (Å²) in [6, 6.07) is 7.97. The van der Waals surface area contributed by atoms with E-state index >= 15 is 0 Å². The molecule has 0 saturated carbocycles. The van der Waals surface area contributed by atoms with Crippen molar-refractivity contribution in [2.75, 3.05) is 13.7 Å². The van der Waals surface area contributed by atoms with Crippen LogP contribution in [0.5, 0.6) is 5.75 Å². The number of methoxy groups -OCH3 is 1. The van der Waals surface area contributed by atoms with Crippen molar-refractivity contribution in [1.29, 1.82) is 0 Å². The molecule has 0 aliphatic rings. The first-order valence-electron chi connectivity index (χ1n) is 5.80. The molecule has 1 aromatic carbocycles. The molecule has 4 heteroatoms. The van der Waals surface area contributed by atoms with Crippen molar-refractivity contribution in [1.82, 2.24) is 5.32 Å². The highest BCUT2D eigenvalue weighted by molar-refractivity contribution is 5.80. The van der Waals surface area contributed by atoms with Crippen LogP contribution in [0.4, 0.5) is 0 Å². The summed E-state index contributed by atoms with van der Waals surface area (Å²) in [6.45, 7) is 4.39. The van der Waals surface area contributed by atoms with E-state index in [1.807, 2.05) is 31.2 Å². The predicted molar refractivity (Wildman–Crippen MR) is 70.8 cm³/mol. The van der Waals surface area contributed by atoms with Gasteiger partial charge in [0.2, 0.25) is 0 Å². The van der Waals surface area contributed by atoms with Gasteiger partial charge in [0.25, 0.3) is 0 Å². The van der Waals surface area contributed by atoms with Crippen molar-refractivity contribution in [3.8, 4) is 5.75 Å². The number of ether oxygens (including phenoxy) is 1. The van der Waals surface area contributed by atoms with Crippen LogP contribution in [0.15, 0.2) is 35.9 Å². The van der Waals surface area contributed by atoms with Gasteiger partial charge in [-0.3, -0.25) is 0 Å². The molecule has 0 aliphatic heterocycles. The van der Waals surface area contributed by atoms with Crippen LogP contribution in [-0.2, 0) is 4.79 Å². The minimum atomic E-state index is -0.911. The van der Waals surface area contributed by atoms with Crippen LogP contribution >= 0.6 is 0 Å². The Hall–Kier alpha value is -1.81. The summed E-state index contributed by atoms with van der Waals surface area (Å²) in [5.74, 6) is -0.0840. The Morgan fingerprint density at radius 1 is 1.44 bits per heavy atom. The molecule has 1 rings (SSSR count). The molecule has 98 valence electrons. The summed E-state index contributed by atoms with van der Waals surface area (Å²) in [4.78, 5) is 10.5. The third-order valence-corrected chi connectivity index (χ3v) is 2.67. The van der Waals surface area contributed by atoms with Gasteiger partial charge >= 0.3 is 5.97 Å². The molecule has 1 atom stereocenters. The minimum Gasteiger partial charge on any atom is -0.497 e. The number of carbonyl (C=O) groups is 1. The fourth-order valence-corrected chi connectivity index (χ4v) is 1.59. The highest BCUT2D eigenvalue weighted by atomic mass is 16.5. The molecule has 0 heterocycles. The summed E-state index contributed by atoms with van der Waals surface area (Å²) in [7, 11) is 1.64. The Kier molecular flexibility index (Phi) is 5.39. The molecule has 2 N–H and O–H groups in total. The van der Waals surface area contributed by atoms with E-state index in [9.17, 15) is 4.79 Å². The van der Waals surface area contributed by atoms with Crippen LogP contribution in [0, 0.1) is 0 Å². The number of aliphatic carboxylic acids is 1. The first-order chi connectivity index (χ1) is 8.52. The normalized spacial score (nSPS) is 13.2. The Labute approximate surface area is 107 Å². The fourth-order valence-electron chi connectivity index (χ4n) is 1.59. The van der Waals surface area contributed by atoms with E-state index in [4.69, 9.17) is 9.84 Å². The molecule has 4 nitrogen and oxygen atoms in total. The van der Waals surface area contributed by atoms with Crippen LogP contribution in [-0.4, -0.2) is 24.7 Å². The lowest BCUT2D eigenvalue weighted by Crippen LogP contribution is -2.20. The maximum Gasteiger partial charge on any atom is 0.328 e. The molecular formula is C14H19NO3. The van der Waals surface area contributed by atoms with Gasteiger partial charge in [0, 0.05) is 18.7 Å². The summed E-state index contributed by atoms with van der Waals surface area (Å²) >= 11 is 0. The molecule has 0 fully saturated rings. The zero-order valence-corrected chi connectivity index (χ0v) is 10.9. The summed E-state index contributed by atoms with van der Waals surface area (Å²) < 4.78 is 5.10. The smallest absolute Gasteiger partial charge is 0.328 e. The Bertz CT molecular complexity index is 423. The topological polar surface area (TPSA) is 58.6 Å². The second kappa shape index (κ2) is 6.81. The Balaban J connectivity index is 2.54. The molecule has 18 heavy (non-hydrogen) atoms. The van der Waals surface area contributed by atoms with Gasteiger partial charge < -0.3 is 15.2 Å². The first kappa shape index (κ1) is 14.3. The maximum atomic E-state index is 10.5. The van der Waals surface area contributed by atoms with Gasteiger partial charge in [-0.05, 0) is 31.5 Å². The number of carboxylic acid groups (broad SMARTS) is 1. The quantitative estimate of drug-likeness (QED) is 0.760. The van der Waals surface area contributed by atoms with Crippen LogP contribution in [0.2, 0.25) is 0 Å². The number of carboxylic acids is 1. The third-order valence-electron chi connectivity index (χ3n) is 2.67. The lowest BCUT2D eigenvalue weighted by molar-refractivity contribution is -0.131. The van der Waals surface area contributed by atoms with Crippen LogP contribution in [0.1, 0.15) is 25.5 Å². The van der Waals surface area contributed by atoms with Crippen LogP contribution in [0.25, 0.3) is 0 Å². The number of benzene rings is 1. The zero-order valence-electron chi connectivity index (χ0n) is 10.9. The molecule has 1 aromatic rings. The molecule has 0 amide bonds. The third kappa shape index (κ3) is 4.59. The zero-order chi connectivity index (χ0) is 13.5. The van der Waals surface area contributed by atoms with Crippen molar-refractivity contribution in [3.63, 3.8) is 0 Å². The van der Waals surface area contributed by atoms with Gasteiger partial charge in [0.05, 0.1) is 7.11 Å². The van der Waals surface area contributed by atoms with Crippen molar-refractivity contribution < 1.29 is 14.6 Å². The summed E-state index contributed by atoms with van der Waals surface area (Å²) in [5, 5.41) is 11.9. The summed E-state index contributed by atoms with van der Waals surface area (Å²) in [6.07, 6.45) is 1.22. The minimum absolute atomic E-state index is 0.160.